The quantitative estimate of drug-likeness (QED) is 0.596. The molecule has 0 saturated heterocycles. The van der Waals surface area contributed by atoms with E-state index in [4.69, 9.17) is 14.2 Å². The standard InChI is InChI=1S/C24H32N2O6/c1-3-30-19-6-5-18(10-20(19)31-4-2)22(28)32-14-21(27)25-23(29)26-24-11-15-7-16(12-24)9-17(8-15)13-24/h5-6,10,15-17H,3-4,7-9,11-14H2,1-2H3,(H2,25,26,27,29). The van der Waals surface area contributed by atoms with Crippen LogP contribution < -0.4 is 20.1 Å². The van der Waals surface area contributed by atoms with E-state index in [0.717, 1.165) is 19.3 Å². The maximum absolute atomic E-state index is 12.5. The molecule has 4 saturated carbocycles. The van der Waals surface area contributed by atoms with Crippen LogP contribution in [0.5, 0.6) is 11.5 Å². The molecule has 174 valence electrons. The van der Waals surface area contributed by atoms with Crippen LogP contribution in [0.15, 0.2) is 18.2 Å². The highest BCUT2D eigenvalue weighted by atomic mass is 16.5. The largest absolute Gasteiger partial charge is 0.490 e. The molecular formula is C24H32N2O6. The van der Waals surface area contributed by atoms with Crippen molar-refractivity contribution < 1.29 is 28.6 Å². The Hall–Kier alpha value is -2.77. The molecule has 3 amide bonds. The molecule has 0 aromatic heterocycles. The molecular weight excluding hydrogens is 412 g/mol. The second-order valence-electron chi connectivity index (χ2n) is 9.30. The highest BCUT2D eigenvalue weighted by Gasteiger charge is 2.51. The Kier molecular flexibility index (Phi) is 6.58. The molecule has 1 aromatic rings. The molecule has 0 spiro atoms. The van der Waals surface area contributed by atoms with E-state index in [9.17, 15) is 14.4 Å². The first-order valence-corrected chi connectivity index (χ1v) is 11.6. The lowest BCUT2D eigenvalue weighted by molar-refractivity contribution is -0.123. The van der Waals surface area contributed by atoms with Gasteiger partial charge in [-0.2, -0.15) is 0 Å². The molecule has 0 radical (unpaired) electrons. The molecule has 1 aromatic carbocycles. The van der Waals surface area contributed by atoms with Gasteiger partial charge in [-0.05, 0) is 88.3 Å². The first kappa shape index (κ1) is 22.4. The van der Waals surface area contributed by atoms with Crippen molar-refractivity contribution in [2.75, 3.05) is 19.8 Å². The molecule has 5 rings (SSSR count). The summed E-state index contributed by atoms with van der Waals surface area (Å²) >= 11 is 0. The number of rotatable bonds is 8. The molecule has 4 bridgehead atoms. The van der Waals surface area contributed by atoms with Gasteiger partial charge in [0.2, 0.25) is 0 Å². The molecule has 8 heteroatoms. The molecule has 2 N–H and O–H groups in total. The number of imide groups is 1. The van der Waals surface area contributed by atoms with Crippen molar-refractivity contribution in [1.82, 2.24) is 10.6 Å². The van der Waals surface area contributed by atoms with Crippen molar-refractivity contribution in [3.63, 3.8) is 0 Å². The third-order valence-electron chi connectivity index (χ3n) is 6.78. The van der Waals surface area contributed by atoms with Crippen molar-refractivity contribution in [1.29, 1.82) is 0 Å². The Labute approximate surface area is 188 Å². The first-order valence-electron chi connectivity index (χ1n) is 11.6. The van der Waals surface area contributed by atoms with Gasteiger partial charge in [-0.3, -0.25) is 10.1 Å². The minimum atomic E-state index is -0.675. The fourth-order valence-electron chi connectivity index (χ4n) is 6.09. The van der Waals surface area contributed by atoms with Crippen molar-refractivity contribution in [3.05, 3.63) is 23.8 Å². The van der Waals surface area contributed by atoms with Gasteiger partial charge >= 0.3 is 12.0 Å². The van der Waals surface area contributed by atoms with Crippen LogP contribution in [0.4, 0.5) is 4.79 Å². The molecule has 8 nitrogen and oxygen atoms in total. The number of amides is 3. The Balaban J connectivity index is 1.27. The number of urea groups is 1. The fourth-order valence-corrected chi connectivity index (χ4v) is 6.09. The monoisotopic (exact) mass is 444 g/mol. The summed E-state index contributed by atoms with van der Waals surface area (Å²) in [4.78, 5) is 37.0. The van der Waals surface area contributed by atoms with Crippen molar-refractivity contribution in [3.8, 4) is 11.5 Å². The lowest BCUT2D eigenvalue weighted by atomic mass is 9.53. The fraction of sp³-hybridized carbons (Fsp3) is 0.625. The van der Waals surface area contributed by atoms with E-state index in [2.05, 4.69) is 10.6 Å². The number of ether oxygens (including phenoxy) is 3. The highest BCUT2D eigenvalue weighted by molar-refractivity contribution is 5.97. The van der Waals surface area contributed by atoms with Gasteiger partial charge in [0.1, 0.15) is 0 Å². The summed E-state index contributed by atoms with van der Waals surface area (Å²) in [5.74, 6) is 1.70. The number of carbonyl (C=O) groups excluding carboxylic acids is 3. The predicted octanol–water partition coefficient (Wildman–Crippen LogP) is 3.44. The topological polar surface area (TPSA) is 103 Å². The van der Waals surface area contributed by atoms with Gasteiger partial charge in [0.05, 0.1) is 18.8 Å². The molecule has 4 aliphatic rings. The van der Waals surface area contributed by atoms with E-state index >= 15 is 0 Å². The van der Waals surface area contributed by atoms with Crippen LogP contribution in [-0.4, -0.2) is 43.3 Å². The smallest absolute Gasteiger partial charge is 0.338 e. The second kappa shape index (κ2) is 9.38. The van der Waals surface area contributed by atoms with Crippen LogP contribution in [0.3, 0.4) is 0 Å². The zero-order valence-electron chi connectivity index (χ0n) is 18.8. The lowest BCUT2D eigenvalue weighted by Crippen LogP contribution is -2.62. The Morgan fingerprint density at radius 2 is 1.53 bits per heavy atom. The van der Waals surface area contributed by atoms with Gasteiger partial charge in [0, 0.05) is 5.54 Å². The van der Waals surface area contributed by atoms with Gasteiger partial charge < -0.3 is 19.5 Å². The zero-order chi connectivity index (χ0) is 22.7. The highest BCUT2D eigenvalue weighted by Crippen LogP contribution is 2.55. The van der Waals surface area contributed by atoms with Crippen LogP contribution in [0.1, 0.15) is 62.7 Å². The van der Waals surface area contributed by atoms with Crippen molar-refractivity contribution >= 4 is 17.9 Å². The molecule has 0 heterocycles. The van der Waals surface area contributed by atoms with Gasteiger partial charge in [-0.15, -0.1) is 0 Å². The molecule has 32 heavy (non-hydrogen) atoms. The summed E-state index contributed by atoms with van der Waals surface area (Å²) in [7, 11) is 0. The van der Waals surface area contributed by atoms with Gasteiger partial charge in [0.25, 0.3) is 5.91 Å². The van der Waals surface area contributed by atoms with Gasteiger partial charge in [-0.1, -0.05) is 0 Å². The summed E-state index contributed by atoms with van der Waals surface area (Å²) < 4.78 is 16.1. The van der Waals surface area contributed by atoms with E-state index < -0.39 is 24.5 Å². The van der Waals surface area contributed by atoms with E-state index in [0.29, 0.717) is 42.5 Å². The van der Waals surface area contributed by atoms with Crippen LogP contribution in [0.25, 0.3) is 0 Å². The Bertz CT molecular complexity index is 848. The van der Waals surface area contributed by atoms with E-state index in [1.165, 1.54) is 25.3 Å². The molecule has 0 atom stereocenters. The maximum Gasteiger partial charge on any atom is 0.338 e. The number of hydrogen-bond donors (Lipinski definition) is 2. The maximum atomic E-state index is 12.5. The number of benzene rings is 1. The van der Waals surface area contributed by atoms with Crippen LogP contribution in [0, 0.1) is 17.8 Å². The minimum absolute atomic E-state index is 0.187. The van der Waals surface area contributed by atoms with Crippen molar-refractivity contribution in [2.24, 2.45) is 17.8 Å². The third-order valence-corrected chi connectivity index (χ3v) is 6.78. The number of hydrogen-bond acceptors (Lipinski definition) is 6. The van der Waals surface area contributed by atoms with Crippen LogP contribution in [-0.2, 0) is 9.53 Å². The number of nitrogens with one attached hydrogen (secondary N) is 2. The molecule has 0 unspecified atom stereocenters. The average molecular weight is 445 g/mol. The average Bonchev–Trinajstić information content (AvgIpc) is 2.72. The predicted molar refractivity (Wildman–Crippen MR) is 117 cm³/mol. The molecule has 0 aliphatic heterocycles. The normalized spacial score (nSPS) is 27.5. The first-order chi connectivity index (χ1) is 15.4. The van der Waals surface area contributed by atoms with E-state index in [1.54, 1.807) is 12.1 Å². The van der Waals surface area contributed by atoms with Crippen LogP contribution >= 0.6 is 0 Å². The third kappa shape index (κ3) is 5.00. The molecule has 4 aliphatic carbocycles. The molecule has 4 fully saturated rings. The summed E-state index contributed by atoms with van der Waals surface area (Å²) in [6.45, 7) is 4.04. The Morgan fingerprint density at radius 1 is 0.938 bits per heavy atom. The minimum Gasteiger partial charge on any atom is -0.490 e. The number of carbonyl (C=O) groups is 3. The van der Waals surface area contributed by atoms with Crippen LogP contribution in [0.2, 0.25) is 0 Å². The SMILES string of the molecule is CCOc1ccc(C(=O)OCC(=O)NC(=O)NC23CC4CC(CC(C4)C2)C3)cc1OCC. The Morgan fingerprint density at radius 3 is 2.12 bits per heavy atom. The van der Waals surface area contributed by atoms with E-state index in [1.807, 2.05) is 13.8 Å². The zero-order valence-corrected chi connectivity index (χ0v) is 18.8. The van der Waals surface area contributed by atoms with Gasteiger partial charge in [-0.25, -0.2) is 9.59 Å². The van der Waals surface area contributed by atoms with Gasteiger partial charge in [0.15, 0.2) is 18.1 Å². The summed E-state index contributed by atoms with van der Waals surface area (Å²) in [5, 5.41) is 5.38. The number of esters is 1. The van der Waals surface area contributed by atoms with Crippen molar-refractivity contribution in [2.45, 2.75) is 57.9 Å². The summed E-state index contributed by atoms with van der Waals surface area (Å²) in [5.41, 5.74) is 0.0519. The summed E-state index contributed by atoms with van der Waals surface area (Å²) in [6, 6.07) is 4.19. The van der Waals surface area contributed by atoms with E-state index in [-0.39, 0.29) is 11.1 Å². The second-order valence-corrected chi connectivity index (χ2v) is 9.30. The summed E-state index contributed by atoms with van der Waals surface area (Å²) in [6.07, 6.45) is 6.80. The lowest BCUT2D eigenvalue weighted by Gasteiger charge is -2.56.